The molecule has 0 radical (unpaired) electrons. The van der Waals surface area contributed by atoms with Gasteiger partial charge in [-0.2, -0.15) is 0 Å². The molecule has 0 aliphatic carbocycles. The third-order valence-corrected chi connectivity index (χ3v) is 12.8. The van der Waals surface area contributed by atoms with E-state index in [0.717, 1.165) is 0 Å². The van der Waals surface area contributed by atoms with Crippen LogP contribution in [0.25, 0.3) is 0 Å². The van der Waals surface area contributed by atoms with E-state index >= 15 is 0 Å². The van der Waals surface area contributed by atoms with Crippen LogP contribution < -0.4 is 0 Å². The molecule has 32 nitrogen and oxygen atoms in total. The predicted molar refractivity (Wildman–Crippen MR) is 205 cm³/mol. The molecular weight excluding hydrogens is 956 g/mol. The van der Waals surface area contributed by atoms with Crippen LogP contribution in [0.5, 0.6) is 0 Å². The Bertz CT molecular complexity index is 1560. The minimum absolute atomic E-state index is 0.942. The van der Waals surface area contributed by atoms with Crippen LogP contribution in [0.3, 0.4) is 0 Å². The van der Waals surface area contributed by atoms with Crippen LogP contribution in [-0.4, -0.2) is 337 Å². The summed E-state index contributed by atoms with van der Waals surface area (Å²) in [5.74, 6) is 0. The molecule has 6 aliphatic heterocycles. The maximum absolute atomic E-state index is 12.1. The second-order valence-electron chi connectivity index (χ2n) is 17.2. The standard InChI is InChI=1S/C37H64O32/c38-1-7(44)26-22(54)29(24(56)32(58)64-26)66-35-25(57)28(16(48)11(5-42)61-35)67-37-31(23(55)27(12(6-43)63-37)65-33-20(52)17(49)13(45)8(2-39)59-33)69-36-30(19(51)15(47)10(4-41)62-36)68-34-21(53)18(50)14(46)9(3-40)60-34/h7-58H,1-6H2/t7-,8+,9+,10+,11+,12+,13-,14-,15-,16+,17-,18-,19-,20+,21+,22+,23-,24-,25+,26+,27+,28-,29-,30+,31+,32-,33-,34+,35+,36+,37+/m0/s1. The molecule has 404 valence electrons. The van der Waals surface area contributed by atoms with E-state index in [1.807, 2.05) is 0 Å². The van der Waals surface area contributed by atoms with Gasteiger partial charge in [0, 0.05) is 0 Å². The van der Waals surface area contributed by atoms with Crippen LogP contribution in [0.1, 0.15) is 0 Å². The number of rotatable bonds is 17. The van der Waals surface area contributed by atoms with Crippen molar-refractivity contribution in [3.8, 4) is 0 Å². The minimum Gasteiger partial charge on any atom is -0.394 e. The zero-order valence-corrected chi connectivity index (χ0v) is 36.0. The first kappa shape index (κ1) is 57.0. The lowest BCUT2D eigenvalue weighted by Crippen LogP contribution is -2.69. The monoisotopic (exact) mass is 1020 g/mol. The minimum atomic E-state index is -2.35. The highest BCUT2D eigenvalue weighted by atomic mass is 16.8. The molecule has 0 bridgehead atoms. The van der Waals surface area contributed by atoms with Crippen molar-refractivity contribution in [2.75, 3.05) is 39.6 Å². The smallest absolute Gasteiger partial charge is 0.187 e. The van der Waals surface area contributed by atoms with Gasteiger partial charge in [0.2, 0.25) is 0 Å². The fourth-order valence-corrected chi connectivity index (χ4v) is 8.69. The Kier molecular flexibility index (Phi) is 20.1. The first-order valence-corrected chi connectivity index (χ1v) is 21.7. The Balaban J connectivity index is 1.35. The van der Waals surface area contributed by atoms with E-state index in [1.165, 1.54) is 0 Å². The highest BCUT2D eigenvalue weighted by molar-refractivity contribution is 5.01. The van der Waals surface area contributed by atoms with Crippen molar-refractivity contribution >= 4 is 0 Å². The molecule has 0 amide bonds. The molecule has 6 saturated heterocycles. The molecule has 0 aromatic rings. The van der Waals surface area contributed by atoms with E-state index in [4.69, 9.17) is 52.1 Å². The Labute approximate surface area is 389 Å². The Morgan fingerprint density at radius 2 is 0.638 bits per heavy atom. The van der Waals surface area contributed by atoms with Gasteiger partial charge in [-0.3, -0.25) is 0 Å². The molecule has 31 atom stereocenters. The number of ether oxygens (including phenoxy) is 11. The first-order valence-electron chi connectivity index (χ1n) is 21.7. The zero-order chi connectivity index (χ0) is 50.9. The lowest BCUT2D eigenvalue weighted by atomic mass is 9.94. The van der Waals surface area contributed by atoms with Crippen molar-refractivity contribution in [2.24, 2.45) is 0 Å². The summed E-state index contributed by atoms with van der Waals surface area (Å²) in [6.07, 6.45) is -63.4. The normalized spacial score (nSPS) is 52.7. The third kappa shape index (κ3) is 11.7. The molecule has 0 aromatic heterocycles. The van der Waals surface area contributed by atoms with E-state index in [9.17, 15) is 107 Å². The van der Waals surface area contributed by atoms with Gasteiger partial charge in [-0.1, -0.05) is 0 Å². The molecule has 6 rings (SSSR count). The van der Waals surface area contributed by atoms with Crippen molar-refractivity contribution in [3.05, 3.63) is 0 Å². The van der Waals surface area contributed by atoms with Crippen molar-refractivity contribution in [3.63, 3.8) is 0 Å². The molecular formula is C37H64O32. The summed E-state index contributed by atoms with van der Waals surface area (Å²) in [6, 6.07) is 0. The lowest BCUT2D eigenvalue weighted by molar-refractivity contribution is -0.415. The Morgan fingerprint density at radius 1 is 0.290 bits per heavy atom. The fourth-order valence-electron chi connectivity index (χ4n) is 8.69. The Hall–Kier alpha value is -1.28. The van der Waals surface area contributed by atoms with Gasteiger partial charge in [-0.05, 0) is 0 Å². The maximum Gasteiger partial charge on any atom is 0.187 e. The summed E-state index contributed by atoms with van der Waals surface area (Å²) in [6.45, 7) is -6.18. The van der Waals surface area contributed by atoms with E-state index in [2.05, 4.69) is 0 Å². The van der Waals surface area contributed by atoms with Crippen LogP contribution in [0.4, 0.5) is 0 Å². The maximum atomic E-state index is 12.1. The molecule has 21 N–H and O–H groups in total. The molecule has 69 heavy (non-hydrogen) atoms. The summed E-state index contributed by atoms with van der Waals surface area (Å²) < 4.78 is 62.0. The lowest BCUT2D eigenvalue weighted by Gasteiger charge is -2.51. The zero-order valence-electron chi connectivity index (χ0n) is 36.0. The van der Waals surface area contributed by atoms with Crippen molar-refractivity contribution in [1.82, 2.24) is 0 Å². The van der Waals surface area contributed by atoms with E-state index in [-0.39, 0.29) is 0 Å². The van der Waals surface area contributed by atoms with Crippen molar-refractivity contribution in [1.29, 1.82) is 0 Å². The highest BCUT2D eigenvalue weighted by Gasteiger charge is 2.59. The molecule has 0 saturated carbocycles. The van der Waals surface area contributed by atoms with Gasteiger partial charge in [-0.25, -0.2) is 0 Å². The van der Waals surface area contributed by atoms with Gasteiger partial charge in [-0.15, -0.1) is 0 Å². The molecule has 6 fully saturated rings. The molecule has 0 aromatic carbocycles. The molecule has 32 heteroatoms. The van der Waals surface area contributed by atoms with Gasteiger partial charge in [0.15, 0.2) is 37.7 Å². The number of hydrogen-bond acceptors (Lipinski definition) is 32. The van der Waals surface area contributed by atoms with Crippen LogP contribution in [0, 0.1) is 0 Å². The largest absolute Gasteiger partial charge is 0.394 e. The molecule has 6 heterocycles. The van der Waals surface area contributed by atoms with Gasteiger partial charge in [0.25, 0.3) is 0 Å². The van der Waals surface area contributed by atoms with Crippen molar-refractivity contribution < 1.29 is 159 Å². The van der Waals surface area contributed by atoms with Crippen LogP contribution >= 0.6 is 0 Å². The van der Waals surface area contributed by atoms with E-state index in [0.29, 0.717) is 0 Å². The van der Waals surface area contributed by atoms with Crippen LogP contribution in [-0.2, 0) is 52.1 Å². The van der Waals surface area contributed by atoms with Gasteiger partial charge in [0.05, 0.1) is 39.6 Å². The summed E-state index contributed by atoms with van der Waals surface area (Å²) in [5, 5.41) is 222. The van der Waals surface area contributed by atoms with Gasteiger partial charge < -0.3 is 159 Å². The average molecular weight is 1020 g/mol. The van der Waals surface area contributed by atoms with E-state index < -0.39 is 230 Å². The van der Waals surface area contributed by atoms with Crippen LogP contribution in [0.2, 0.25) is 0 Å². The fraction of sp³-hybridized carbons (Fsp3) is 1.00. The number of aliphatic hydroxyl groups is 21. The summed E-state index contributed by atoms with van der Waals surface area (Å²) >= 11 is 0. The number of hydrogen-bond donors (Lipinski definition) is 21. The molecule has 0 spiro atoms. The SMILES string of the molecule is OC[C@H](O)[C@H]1O[C@H](O)[C@@H](O)[C@@H](O[C@H]2O[C@H](CO)[C@@H](O)[C@H](O[C@H]3O[C@H](CO)[C@@H](O[C@@H]4O[C@H](CO)[C@H](O)[C@H](O)[C@H]4O)[C@H](O)[C@H]3O[C@H]3O[C@H](CO)[C@H](O)[C@H](O)[C@H]3O[C@H]3O[C@H](CO)[C@H](O)[C@H](O)[C@H]3O)[C@H]2O)[C@@H]1O. The second kappa shape index (κ2) is 24.4. The second-order valence-corrected chi connectivity index (χ2v) is 17.2. The molecule has 0 unspecified atom stereocenters. The first-order chi connectivity index (χ1) is 32.7. The summed E-state index contributed by atoms with van der Waals surface area (Å²) in [7, 11) is 0. The van der Waals surface area contributed by atoms with E-state index in [1.54, 1.807) is 0 Å². The van der Waals surface area contributed by atoms with Gasteiger partial charge >= 0.3 is 0 Å². The predicted octanol–water partition coefficient (Wildman–Crippen LogP) is -14.7. The average Bonchev–Trinajstić information content (AvgIpc) is 3.34. The summed E-state index contributed by atoms with van der Waals surface area (Å²) in [5.41, 5.74) is 0. The third-order valence-electron chi connectivity index (χ3n) is 12.8. The topological polar surface area (TPSA) is 526 Å². The quantitative estimate of drug-likeness (QED) is 0.0643. The Morgan fingerprint density at radius 3 is 1.12 bits per heavy atom. The van der Waals surface area contributed by atoms with Gasteiger partial charge in [0.1, 0.15) is 153 Å². The van der Waals surface area contributed by atoms with Crippen molar-refractivity contribution in [2.45, 2.75) is 190 Å². The van der Waals surface area contributed by atoms with Crippen LogP contribution in [0.15, 0.2) is 0 Å². The number of aliphatic hydroxyl groups excluding tert-OH is 21. The molecule has 6 aliphatic rings. The summed E-state index contributed by atoms with van der Waals surface area (Å²) in [4.78, 5) is 0. The highest BCUT2D eigenvalue weighted by Crippen LogP contribution is 2.38.